The summed E-state index contributed by atoms with van der Waals surface area (Å²) in [4.78, 5) is 11.7. The fourth-order valence-electron chi connectivity index (χ4n) is 1.50. The van der Waals surface area contributed by atoms with E-state index < -0.39 is 0 Å². The zero-order valence-electron chi connectivity index (χ0n) is 11.0. The Bertz CT molecular complexity index is 394. The van der Waals surface area contributed by atoms with E-state index in [4.69, 9.17) is 10.5 Å². The molecule has 0 spiro atoms. The van der Waals surface area contributed by atoms with Crippen LogP contribution in [0.15, 0.2) is 5.16 Å². The standard InChI is InChI=1S/C11H20N4O2S/c1-4-9(10(16)17-5-2)18-11-14-13-8(3)15(11)7-6-12/h9H,4-7,12H2,1-3H3. The third-order valence-electron chi connectivity index (χ3n) is 2.42. The highest BCUT2D eigenvalue weighted by Gasteiger charge is 2.22. The molecule has 18 heavy (non-hydrogen) atoms. The molecule has 0 saturated carbocycles. The van der Waals surface area contributed by atoms with E-state index >= 15 is 0 Å². The van der Waals surface area contributed by atoms with Gasteiger partial charge in [0.05, 0.1) is 6.61 Å². The van der Waals surface area contributed by atoms with Crippen molar-refractivity contribution in [3.63, 3.8) is 0 Å². The van der Waals surface area contributed by atoms with Crippen LogP contribution in [-0.4, -0.2) is 39.1 Å². The predicted octanol–water partition coefficient (Wildman–Crippen LogP) is 0.979. The van der Waals surface area contributed by atoms with Crippen molar-refractivity contribution in [3.8, 4) is 0 Å². The van der Waals surface area contributed by atoms with Crippen LogP contribution < -0.4 is 5.73 Å². The number of hydrogen-bond acceptors (Lipinski definition) is 6. The number of aryl methyl sites for hydroxylation is 1. The summed E-state index contributed by atoms with van der Waals surface area (Å²) in [5.74, 6) is 0.603. The fourth-order valence-corrected chi connectivity index (χ4v) is 2.52. The zero-order chi connectivity index (χ0) is 13.5. The molecule has 1 heterocycles. The number of aromatic nitrogens is 3. The molecular formula is C11H20N4O2S. The van der Waals surface area contributed by atoms with Gasteiger partial charge in [-0.05, 0) is 20.3 Å². The minimum atomic E-state index is -0.245. The summed E-state index contributed by atoms with van der Waals surface area (Å²) in [6, 6.07) is 0. The van der Waals surface area contributed by atoms with Crippen molar-refractivity contribution in [2.45, 2.75) is 44.1 Å². The van der Waals surface area contributed by atoms with Crippen LogP contribution in [0, 0.1) is 6.92 Å². The molecule has 6 nitrogen and oxygen atoms in total. The summed E-state index contributed by atoms with van der Waals surface area (Å²) in [7, 11) is 0. The minimum absolute atomic E-state index is 0.204. The van der Waals surface area contributed by atoms with Crippen molar-refractivity contribution in [1.29, 1.82) is 0 Å². The number of thioether (sulfide) groups is 1. The predicted molar refractivity (Wildman–Crippen MR) is 70.4 cm³/mol. The zero-order valence-corrected chi connectivity index (χ0v) is 11.9. The summed E-state index contributed by atoms with van der Waals surface area (Å²) in [5, 5.41) is 8.56. The molecule has 0 aliphatic carbocycles. The molecule has 102 valence electrons. The molecule has 1 aromatic rings. The van der Waals surface area contributed by atoms with E-state index in [2.05, 4.69) is 10.2 Å². The Kier molecular flexibility index (Phi) is 6.14. The Labute approximate surface area is 111 Å². The molecule has 0 aliphatic rings. The lowest BCUT2D eigenvalue weighted by Crippen LogP contribution is -2.21. The maximum Gasteiger partial charge on any atom is 0.319 e. The Morgan fingerprint density at radius 3 is 2.78 bits per heavy atom. The second-order valence-electron chi connectivity index (χ2n) is 3.74. The number of ether oxygens (including phenoxy) is 1. The third kappa shape index (κ3) is 3.71. The second-order valence-corrected chi connectivity index (χ2v) is 4.91. The van der Waals surface area contributed by atoms with Crippen LogP contribution in [0.3, 0.4) is 0 Å². The van der Waals surface area contributed by atoms with E-state index in [1.54, 1.807) is 6.92 Å². The molecule has 0 amide bonds. The number of carbonyl (C=O) groups excluding carboxylic acids is 1. The van der Waals surface area contributed by atoms with Gasteiger partial charge < -0.3 is 15.0 Å². The molecule has 1 unspecified atom stereocenters. The maximum absolute atomic E-state index is 11.7. The monoisotopic (exact) mass is 272 g/mol. The summed E-state index contributed by atoms with van der Waals surface area (Å²) in [6.07, 6.45) is 0.692. The lowest BCUT2D eigenvalue weighted by Gasteiger charge is -2.13. The van der Waals surface area contributed by atoms with Gasteiger partial charge in [0.2, 0.25) is 0 Å². The van der Waals surface area contributed by atoms with Crippen LogP contribution in [-0.2, 0) is 16.1 Å². The molecule has 1 aromatic heterocycles. The molecule has 0 radical (unpaired) electrons. The van der Waals surface area contributed by atoms with Gasteiger partial charge in [0.1, 0.15) is 11.1 Å². The normalized spacial score (nSPS) is 12.4. The van der Waals surface area contributed by atoms with Crippen molar-refractivity contribution < 1.29 is 9.53 Å². The van der Waals surface area contributed by atoms with Gasteiger partial charge in [-0.15, -0.1) is 10.2 Å². The number of carbonyl (C=O) groups is 1. The summed E-state index contributed by atoms with van der Waals surface area (Å²) in [5.41, 5.74) is 5.55. The maximum atomic E-state index is 11.7. The van der Waals surface area contributed by atoms with Gasteiger partial charge in [-0.25, -0.2) is 0 Å². The molecule has 2 N–H and O–H groups in total. The molecule has 1 atom stereocenters. The number of nitrogens with two attached hydrogens (primary N) is 1. The Balaban J connectivity index is 2.78. The van der Waals surface area contributed by atoms with Gasteiger partial charge in [0.25, 0.3) is 0 Å². The van der Waals surface area contributed by atoms with Gasteiger partial charge >= 0.3 is 5.97 Å². The van der Waals surface area contributed by atoms with E-state index in [-0.39, 0.29) is 11.2 Å². The Morgan fingerprint density at radius 1 is 1.50 bits per heavy atom. The largest absolute Gasteiger partial charge is 0.465 e. The van der Waals surface area contributed by atoms with Crippen LogP contribution in [0.5, 0.6) is 0 Å². The average Bonchev–Trinajstić information content (AvgIpc) is 2.69. The molecular weight excluding hydrogens is 252 g/mol. The van der Waals surface area contributed by atoms with E-state index in [1.165, 1.54) is 11.8 Å². The van der Waals surface area contributed by atoms with Crippen molar-refractivity contribution >= 4 is 17.7 Å². The first-order chi connectivity index (χ1) is 8.63. The van der Waals surface area contributed by atoms with E-state index in [1.807, 2.05) is 18.4 Å². The average molecular weight is 272 g/mol. The lowest BCUT2D eigenvalue weighted by atomic mass is 10.3. The highest BCUT2D eigenvalue weighted by Crippen LogP contribution is 2.25. The van der Waals surface area contributed by atoms with E-state index in [0.717, 1.165) is 11.0 Å². The van der Waals surface area contributed by atoms with Gasteiger partial charge in [-0.2, -0.15) is 0 Å². The first-order valence-electron chi connectivity index (χ1n) is 6.07. The molecule has 0 aliphatic heterocycles. The highest BCUT2D eigenvalue weighted by molar-refractivity contribution is 8.00. The van der Waals surface area contributed by atoms with Crippen LogP contribution >= 0.6 is 11.8 Å². The summed E-state index contributed by atoms with van der Waals surface area (Å²) >= 11 is 1.38. The van der Waals surface area contributed by atoms with Gasteiger partial charge in [-0.1, -0.05) is 18.7 Å². The SMILES string of the molecule is CCOC(=O)C(CC)Sc1nnc(C)n1CCN. The van der Waals surface area contributed by atoms with Crippen LogP contribution in [0.1, 0.15) is 26.1 Å². The lowest BCUT2D eigenvalue weighted by molar-refractivity contribution is -0.142. The minimum Gasteiger partial charge on any atom is -0.465 e. The molecule has 0 bridgehead atoms. The number of esters is 1. The van der Waals surface area contributed by atoms with Crippen LogP contribution in [0.25, 0.3) is 0 Å². The number of rotatable bonds is 7. The second kappa shape index (κ2) is 7.38. The van der Waals surface area contributed by atoms with Crippen molar-refractivity contribution in [3.05, 3.63) is 5.82 Å². The van der Waals surface area contributed by atoms with Gasteiger partial charge in [0, 0.05) is 13.1 Å². The van der Waals surface area contributed by atoms with E-state index in [0.29, 0.717) is 26.1 Å². The smallest absolute Gasteiger partial charge is 0.319 e. The quantitative estimate of drug-likeness (QED) is 0.588. The Hall–Kier alpha value is -1.08. The number of nitrogens with zero attached hydrogens (tertiary/aromatic N) is 3. The molecule has 0 aromatic carbocycles. The molecule has 0 fully saturated rings. The molecule has 0 saturated heterocycles. The summed E-state index contributed by atoms with van der Waals surface area (Å²) in [6.45, 7) is 7.19. The van der Waals surface area contributed by atoms with Crippen molar-refractivity contribution in [2.75, 3.05) is 13.2 Å². The van der Waals surface area contributed by atoms with E-state index in [9.17, 15) is 4.79 Å². The highest BCUT2D eigenvalue weighted by atomic mass is 32.2. The third-order valence-corrected chi connectivity index (χ3v) is 3.75. The Morgan fingerprint density at radius 2 is 2.22 bits per heavy atom. The van der Waals surface area contributed by atoms with Crippen molar-refractivity contribution in [1.82, 2.24) is 14.8 Å². The molecule has 7 heteroatoms. The van der Waals surface area contributed by atoms with Gasteiger partial charge in [-0.3, -0.25) is 4.79 Å². The van der Waals surface area contributed by atoms with Gasteiger partial charge in [0.15, 0.2) is 5.16 Å². The molecule has 1 rings (SSSR count). The first-order valence-corrected chi connectivity index (χ1v) is 6.95. The summed E-state index contributed by atoms with van der Waals surface area (Å²) < 4.78 is 6.96. The van der Waals surface area contributed by atoms with Crippen LogP contribution in [0.2, 0.25) is 0 Å². The topological polar surface area (TPSA) is 83.0 Å². The fraction of sp³-hybridized carbons (Fsp3) is 0.727. The first kappa shape index (κ1) is 15.0. The number of hydrogen-bond donors (Lipinski definition) is 1. The van der Waals surface area contributed by atoms with Crippen LogP contribution in [0.4, 0.5) is 0 Å². The van der Waals surface area contributed by atoms with Crippen molar-refractivity contribution in [2.24, 2.45) is 5.73 Å².